The summed E-state index contributed by atoms with van der Waals surface area (Å²) in [6, 6.07) is 6.97. The molecule has 1 heterocycles. The number of nitrogens with one attached hydrogen (secondary N) is 1. The predicted octanol–water partition coefficient (Wildman–Crippen LogP) is 0.638. The lowest BCUT2D eigenvalue weighted by Gasteiger charge is -1.97. The predicted molar refractivity (Wildman–Crippen MR) is 42.0 cm³/mol. The van der Waals surface area contributed by atoms with Crippen LogP contribution in [-0.4, -0.2) is 5.91 Å². The topological polar surface area (TPSA) is 55.1 Å². The fourth-order valence-corrected chi connectivity index (χ4v) is 1.23. The number of fused-ring (bicyclic) bond motifs is 1. The molecule has 1 aliphatic rings. The number of carbonyl (C=O) groups is 1. The van der Waals surface area contributed by atoms with Crippen LogP contribution in [0.5, 0.6) is 0 Å². The number of amides is 1. The summed E-state index contributed by atoms with van der Waals surface area (Å²) in [5.41, 5.74) is 7.30. The van der Waals surface area contributed by atoms with Gasteiger partial charge in [0.15, 0.2) is 0 Å². The van der Waals surface area contributed by atoms with E-state index in [1.165, 1.54) is 0 Å². The van der Waals surface area contributed by atoms with E-state index in [9.17, 15) is 4.79 Å². The summed E-state index contributed by atoms with van der Waals surface area (Å²) in [6.45, 7) is 0. The lowest BCUT2D eigenvalue weighted by atomic mass is 10.1. The van der Waals surface area contributed by atoms with Gasteiger partial charge in [0.1, 0.15) is 6.04 Å². The zero-order valence-corrected chi connectivity index (χ0v) is 5.87. The molecule has 0 saturated heterocycles. The maximum Gasteiger partial charge on any atom is 0.245 e. The van der Waals surface area contributed by atoms with Crippen LogP contribution >= 0.6 is 0 Å². The average molecular weight is 148 g/mol. The Hall–Kier alpha value is -1.35. The van der Waals surface area contributed by atoms with Crippen molar-refractivity contribution in [3.63, 3.8) is 0 Å². The van der Waals surface area contributed by atoms with E-state index in [4.69, 9.17) is 5.73 Å². The summed E-state index contributed by atoms with van der Waals surface area (Å²) in [7, 11) is 0. The van der Waals surface area contributed by atoms with Crippen molar-refractivity contribution < 1.29 is 4.79 Å². The summed E-state index contributed by atoms with van der Waals surface area (Å²) >= 11 is 0. The second-order valence-corrected chi connectivity index (χ2v) is 2.55. The van der Waals surface area contributed by atoms with Crippen LogP contribution in [0.25, 0.3) is 0 Å². The Kier molecular flexibility index (Phi) is 1.20. The van der Waals surface area contributed by atoms with Crippen LogP contribution in [0.4, 0.5) is 5.69 Å². The molecule has 1 aliphatic heterocycles. The van der Waals surface area contributed by atoms with E-state index in [-0.39, 0.29) is 5.91 Å². The minimum absolute atomic E-state index is 0.119. The number of benzene rings is 1. The molecule has 1 amide bonds. The van der Waals surface area contributed by atoms with Gasteiger partial charge in [0.05, 0.1) is 0 Å². The third kappa shape index (κ3) is 0.816. The van der Waals surface area contributed by atoms with Crippen LogP contribution in [0.2, 0.25) is 0 Å². The molecule has 0 spiro atoms. The van der Waals surface area contributed by atoms with E-state index >= 15 is 0 Å². The van der Waals surface area contributed by atoms with Crippen LogP contribution in [0.3, 0.4) is 0 Å². The number of carbonyl (C=O) groups excluding carboxylic acids is 1. The SMILES string of the molecule is N[C@@H]1C(=O)Nc2ccccc21. The minimum Gasteiger partial charge on any atom is -0.324 e. The molecule has 3 N–H and O–H groups in total. The van der Waals surface area contributed by atoms with E-state index < -0.39 is 6.04 Å². The van der Waals surface area contributed by atoms with E-state index in [0.717, 1.165) is 11.3 Å². The smallest absolute Gasteiger partial charge is 0.245 e. The molecule has 0 aliphatic carbocycles. The van der Waals surface area contributed by atoms with Crippen LogP contribution in [0.1, 0.15) is 11.6 Å². The molecular weight excluding hydrogens is 140 g/mol. The summed E-state index contributed by atoms with van der Waals surface area (Å²) < 4.78 is 0. The van der Waals surface area contributed by atoms with Crippen molar-refractivity contribution in [2.45, 2.75) is 6.04 Å². The lowest BCUT2D eigenvalue weighted by Crippen LogP contribution is -2.19. The summed E-state index contributed by atoms with van der Waals surface area (Å²) in [4.78, 5) is 11.0. The Balaban J connectivity index is 2.55. The summed E-state index contributed by atoms with van der Waals surface area (Å²) in [6.07, 6.45) is 0. The third-order valence-electron chi connectivity index (χ3n) is 1.84. The standard InChI is InChI=1S/C8H8N2O/c9-7-5-3-1-2-4-6(5)10-8(7)11/h1-4,7H,9H2,(H,10,11)/t7-/m0/s1. The van der Waals surface area contributed by atoms with Gasteiger partial charge in [0.25, 0.3) is 0 Å². The molecule has 11 heavy (non-hydrogen) atoms. The first-order valence-corrected chi connectivity index (χ1v) is 3.44. The molecule has 1 aromatic rings. The van der Waals surface area contributed by atoms with E-state index in [0.29, 0.717) is 0 Å². The van der Waals surface area contributed by atoms with Gasteiger partial charge in [0, 0.05) is 11.3 Å². The summed E-state index contributed by atoms with van der Waals surface area (Å²) in [5, 5.41) is 2.68. The maximum absolute atomic E-state index is 11.0. The first-order chi connectivity index (χ1) is 5.29. The molecule has 3 nitrogen and oxygen atoms in total. The average Bonchev–Trinajstić information content (AvgIpc) is 2.30. The van der Waals surface area contributed by atoms with Gasteiger partial charge in [-0.05, 0) is 6.07 Å². The fourth-order valence-electron chi connectivity index (χ4n) is 1.23. The maximum atomic E-state index is 11.0. The van der Waals surface area contributed by atoms with Crippen molar-refractivity contribution in [2.75, 3.05) is 5.32 Å². The zero-order chi connectivity index (χ0) is 7.84. The van der Waals surface area contributed by atoms with Crippen molar-refractivity contribution in [2.24, 2.45) is 5.73 Å². The highest BCUT2D eigenvalue weighted by atomic mass is 16.2. The second kappa shape index (κ2) is 2.07. The van der Waals surface area contributed by atoms with Crippen molar-refractivity contribution in [3.8, 4) is 0 Å². The van der Waals surface area contributed by atoms with Crippen molar-refractivity contribution in [3.05, 3.63) is 29.8 Å². The molecule has 1 atom stereocenters. The molecule has 56 valence electrons. The fraction of sp³-hybridized carbons (Fsp3) is 0.125. The minimum atomic E-state index is -0.480. The van der Waals surface area contributed by atoms with Gasteiger partial charge in [-0.25, -0.2) is 0 Å². The Morgan fingerprint density at radius 1 is 1.36 bits per heavy atom. The van der Waals surface area contributed by atoms with Crippen molar-refractivity contribution >= 4 is 11.6 Å². The largest absolute Gasteiger partial charge is 0.324 e. The van der Waals surface area contributed by atoms with Gasteiger partial charge in [-0.2, -0.15) is 0 Å². The molecule has 3 heteroatoms. The van der Waals surface area contributed by atoms with Crippen molar-refractivity contribution in [1.82, 2.24) is 0 Å². The molecule has 0 saturated carbocycles. The van der Waals surface area contributed by atoms with Crippen LogP contribution in [0.15, 0.2) is 24.3 Å². The monoisotopic (exact) mass is 148 g/mol. The number of rotatable bonds is 0. The van der Waals surface area contributed by atoms with Crippen LogP contribution < -0.4 is 11.1 Å². The molecule has 0 fully saturated rings. The number of anilines is 1. The van der Waals surface area contributed by atoms with Gasteiger partial charge in [-0.3, -0.25) is 4.79 Å². The van der Waals surface area contributed by atoms with Gasteiger partial charge >= 0.3 is 0 Å². The van der Waals surface area contributed by atoms with E-state index in [2.05, 4.69) is 5.32 Å². The highest BCUT2D eigenvalue weighted by molar-refractivity contribution is 6.02. The van der Waals surface area contributed by atoms with Crippen molar-refractivity contribution in [1.29, 1.82) is 0 Å². The molecule has 2 rings (SSSR count). The van der Waals surface area contributed by atoms with Gasteiger partial charge in [-0.15, -0.1) is 0 Å². The number of hydrogen-bond acceptors (Lipinski definition) is 2. The molecular formula is C8H8N2O. The Morgan fingerprint density at radius 2 is 2.09 bits per heavy atom. The lowest BCUT2D eigenvalue weighted by molar-refractivity contribution is -0.116. The van der Waals surface area contributed by atoms with Gasteiger partial charge in [-0.1, -0.05) is 18.2 Å². The second-order valence-electron chi connectivity index (χ2n) is 2.55. The highest BCUT2D eigenvalue weighted by Crippen LogP contribution is 2.27. The quantitative estimate of drug-likeness (QED) is 0.567. The highest BCUT2D eigenvalue weighted by Gasteiger charge is 2.25. The number of nitrogens with two attached hydrogens (primary N) is 1. The van der Waals surface area contributed by atoms with Crippen LogP contribution in [0, 0.1) is 0 Å². The number of para-hydroxylation sites is 1. The number of hydrogen-bond donors (Lipinski definition) is 2. The Morgan fingerprint density at radius 3 is 2.82 bits per heavy atom. The molecule has 1 aromatic carbocycles. The van der Waals surface area contributed by atoms with Crippen LogP contribution in [-0.2, 0) is 4.79 Å². The van der Waals surface area contributed by atoms with Gasteiger partial charge in [0.2, 0.25) is 5.91 Å². The first-order valence-electron chi connectivity index (χ1n) is 3.44. The Labute approximate surface area is 64.2 Å². The normalized spacial score (nSPS) is 21.2. The molecule has 0 radical (unpaired) electrons. The molecule has 0 unspecified atom stereocenters. The van der Waals surface area contributed by atoms with Gasteiger partial charge < -0.3 is 11.1 Å². The first kappa shape index (κ1) is 6.37. The van der Waals surface area contributed by atoms with E-state index in [1.54, 1.807) is 0 Å². The summed E-state index contributed by atoms with van der Waals surface area (Å²) in [5.74, 6) is -0.119. The third-order valence-corrected chi connectivity index (χ3v) is 1.84. The van der Waals surface area contributed by atoms with E-state index in [1.807, 2.05) is 24.3 Å². The Bertz CT molecular complexity index is 309. The molecule has 0 bridgehead atoms. The molecule has 0 aromatic heterocycles. The zero-order valence-electron chi connectivity index (χ0n) is 5.87.